The van der Waals surface area contributed by atoms with E-state index in [1.54, 1.807) is 19.1 Å². The van der Waals surface area contributed by atoms with Gasteiger partial charge in [-0.1, -0.05) is 17.7 Å². The molecule has 1 heterocycles. The number of aryl methyl sites for hydroxylation is 1. The van der Waals surface area contributed by atoms with Gasteiger partial charge in [-0.3, -0.25) is 0 Å². The molecule has 0 aliphatic rings. The van der Waals surface area contributed by atoms with Crippen molar-refractivity contribution >= 4 is 29.1 Å². The van der Waals surface area contributed by atoms with E-state index in [0.717, 1.165) is 0 Å². The molecule has 98 valence electrons. The SMILES string of the molecule is Cc1ccc(Nc2ncc(C(=O)O)cc2Cl)cc1F. The van der Waals surface area contributed by atoms with E-state index in [0.29, 0.717) is 11.3 Å². The number of carbonyl (C=O) groups is 1. The Hall–Kier alpha value is -2.14. The molecule has 0 atom stereocenters. The maximum Gasteiger partial charge on any atom is 0.337 e. The summed E-state index contributed by atoms with van der Waals surface area (Å²) in [6.45, 7) is 1.66. The van der Waals surface area contributed by atoms with Gasteiger partial charge in [-0.25, -0.2) is 14.2 Å². The standard InChI is InChI=1S/C13H10ClFN2O2/c1-7-2-3-9(5-11(7)15)17-12-10(14)4-8(6-16-12)13(18)19/h2-6H,1H3,(H,16,17)(H,18,19). The molecule has 0 aliphatic heterocycles. The van der Waals surface area contributed by atoms with Gasteiger partial charge in [0.25, 0.3) is 0 Å². The normalized spacial score (nSPS) is 10.3. The molecule has 0 fully saturated rings. The zero-order valence-corrected chi connectivity index (χ0v) is 10.7. The van der Waals surface area contributed by atoms with Crippen LogP contribution in [0, 0.1) is 12.7 Å². The Morgan fingerprint density at radius 1 is 1.42 bits per heavy atom. The molecule has 1 aromatic heterocycles. The van der Waals surface area contributed by atoms with Gasteiger partial charge < -0.3 is 10.4 Å². The molecule has 0 amide bonds. The van der Waals surface area contributed by atoms with Crippen LogP contribution >= 0.6 is 11.6 Å². The zero-order valence-electron chi connectivity index (χ0n) is 9.95. The van der Waals surface area contributed by atoms with Crippen LogP contribution in [-0.4, -0.2) is 16.1 Å². The fraction of sp³-hybridized carbons (Fsp3) is 0.0769. The lowest BCUT2D eigenvalue weighted by Gasteiger charge is -2.08. The topological polar surface area (TPSA) is 62.2 Å². The van der Waals surface area contributed by atoms with Crippen molar-refractivity contribution < 1.29 is 14.3 Å². The van der Waals surface area contributed by atoms with E-state index in [1.165, 1.54) is 18.3 Å². The van der Waals surface area contributed by atoms with Crippen molar-refractivity contribution in [3.63, 3.8) is 0 Å². The van der Waals surface area contributed by atoms with Gasteiger partial charge in [0.05, 0.1) is 10.6 Å². The Bertz CT molecular complexity index is 647. The minimum absolute atomic E-state index is 0.00867. The van der Waals surface area contributed by atoms with E-state index < -0.39 is 5.97 Å². The number of carboxylic acids is 1. The summed E-state index contributed by atoms with van der Waals surface area (Å²) in [5, 5.41) is 11.8. The number of nitrogens with zero attached hydrogens (tertiary/aromatic N) is 1. The van der Waals surface area contributed by atoms with Crippen LogP contribution in [-0.2, 0) is 0 Å². The summed E-state index contributed by atoms with van der Waals surface area (Å²) in [5.74, 6) is -1.18. The van der Waals surface area contributed by atoms with Crippen molar-refractivity contribution in [3.8, 4) is 0 Å². The van der Waals surface area contributed by atoms with E-state index in [4.69, 9.17) is 16.7 Å². The molecule has 0 saturated carbocycles. The molecule has 2 aromatic rings. The summed E-state index contributed by atoms with van der Waals surface area (Å²) in [7, 11) is 0. The number of carboxylic acid groups (broad SMARTS) is 1. The lowest BCUT2D eigenvalue weighted by atomic mass is 10.2. The Morgan fingerprint density at radius 3 is 2.74 bits per heavy atom. The lowest BCUT2D eigenvalue weighted by Crippen LogP contribution is -2.01. The van der Waals surface area contributed by atoms with Gasteiger partial charge in [-0.05, 0) is 30.7 Å². The molecule has 4 nitrogen and oxygen atoms in total. The molecule has 0 spiro atoms. The maximum atomic E-state index is 13.4. The fourth-order valence-electron chi connectivity index (χ4n) is 1.45. The minimum atomic E-state index is -1.11. The summed E-state index contributed by atoms with van der Waals surface area (Å²) < 4.78 is 13.4. The highest BCUT2D eigenvalue weighted by atomic mass is 35.5. The summed E-state index contributed by atoms with van der Waals surface area (Å²) in [6.07, 6.45) is 1.18. The van der Waals surface area contributed by atoms with Gasteiger partial charge >= 0.3 is 5.97 Å². The molecule has 0 radical (unpaired) electrons. The van der Waals surface area contributed by atoms with Crippen molar-refractivity contribution in [3.05, 3.63) is 52.4 Å². The van der Waals surface area contributed by atoms with E-state index in [-0.39, 0.29) is 22.2 Å². The minimum Gasteiger partial charge on any atom is -0.478 e. The molecular weight excluding hydrogens is 271 g/mol. The number of benzene rings is 1. The Labute approximate surface area is 113 Å². The number of halogens is 2. The van der Waals surface area contributed by atoms with Crippen LogP contribution < -0.4 is 5.32 Å². The highest BCUT2D eigenvalue weighted by Crippen LogP contribution is 2.24. The van der Waals surface area contributed by atoms with Crippen molar-refractivity contribution in [2.24, 2.45) is 0 Å². The average molecular weight is 281 g/mol. The molecule has 6 heteroatoms. The first-order valence-electron chi connectivity index (χ1n) is 5.39. The number of nitrogens with one attached hydrogen (secondary N) is 1. The molecule has 0 unspecified atom stereocenters. The predicted molar refractivity (Wildman–Crippen MR) is 70.6 cm³/mol. The molecule has 19 heavy (non-hydrogen) atoms. The number of aromatic nitrogens is 1. The van der Waals surface area contributed by atoms with Gasteiger partial charge in [0.1, 0.15) is 11.6 Å². The molecule has 2 rings (SSSR count). The van der Waals surface area contributed by atoms with Crippen LogP contribution in [0.5, 0.6) is 0 Å². The zero-order chi connectivity index (χ0) is 14.0. The van der Waals surface area contributed by atoms with Crippen molar-refractivity contribution in [1.29, 1.82) is 0 Å². The van der Waals surface area contributed by atoms with Crippen LogP contribution in [0.15, 0.2) is 30.5 Å². The predicted octanol–water partition coefficient (Wildman–Crippen LogP) is 3.62. The van der Waals surface area contributed by atoms with Crippen LogP contribution in [0.1, 0.15) is 15.9 Å². The monoisotopic (exact) mass is 280 g/mol. The first kappa shape index (κ1) is 13.3. The summed E-state index contributed by atoms with van der Waals surface area (Å²) in [5.41, 5.74) is 1.01. The summed E-state index contributed by atoms with van der Waals surface area (Å²) in [4.78, 5) is 14.6. The highest BCUT2D eigenvalue weighted by molar-refractivity contribution is 6.33. The molecule has 0 bridgehead atoms. The third kappa shape index (κ3) is 3.00. The number of anilines is 2. The average Bonchev–Trinajstić information content (AvgIpc) is 2.36. The van der Waals surface area contributed by atoms with E-state index >= 15 is 0 Å². The molecule has 2 N–H and O–H groups in total. The number of pyridine rings is 1. The maximum absolute atomic E-state index is 13.4. The van der Waals surface area contributed by atoms with E-state index in [2.05, 4.69) is 10.3 Å². The third-order valence-electron chi connectivity index (χ3n) is 2.52. The first-order valence-corrected chi connectivity index (χ1v) is 5.77. The van der Waals surface area contributed by atoms with Crippen LogP contribution in [0.3, 0.4) is 0 Å². The molecule has 0 saturated heterocycles. The molecular formula is C13H10ClFN2O2. The van der Waals surface area contributed by atoms with Crippen LogP contribution in [0.4, 0.5) is 15.9 Å². The largest absolute Gasteiger partial charge is 0.478 e. The second-order valence-corrected chi connectivity index (χ2v) is 4.36. The van der Waals surface area contributed by atoms with Gasteiger partial charge in [-0.15, -0.1) is 0 Å². The van der Waals surface area contributed by atoms with Crippen molar-refractivity contribution in [2.75, 3.05) is 5.32 Å². The second-order valence-electron chi connectivity index (χ2n) is 3.95. The number of hydrogen-bond acceptors (Lipinski definition) is 3. The lowest BCUT2D eigenvalue weighted by molar-refractivity contribution is 0.0696. The second kappa shape index (κ2) is 5.24. The van der Waals surface area contributed by atoms with Crippen LogP contribution in [0.25, 0.3) is 0 Å². The van der Waals surface area contributed by atoms with E-state index in [1.807, 2.05) is 0 Å². The smallest absolute Gasteiger partial charge is 0.337 e. The Balaban J connectivity index is 2.28. The Kier molecular flexibility index (Phi) is 3.66. The molecule has 1 aromatic carbocycles. The third-order valence-corrected chi connectivity index (χ3v) is 2.81. The number of rotatable bonds is 3. The first-order chi connectivity index (χ1) is 8.97. The number of aromatic carboxylic acids is 1. The van der Waals surface area contributed by atoms with Crippen LogP contribution in [0.2, 0.25) is 5.02 Å². The highest BCUT2D eigenvalue weighted by Gasteiger charge is 2.09. The Morgan fingerprint density at radius 2 is 2.16 bits per heavy atom. The fourth-order valence-corrected chi connectivity index (χ4v) is 1.67. The summed E-state index contributed by atoms with van der Waals surface area (Å²) >= 11 is 5.91. The number of hydrogen-bond donors (Lipinski definition) is 2. The summed E-state index contributed by atoms with van der Waals surface area (Å²) in [6, 6.07) is 5.90. The van der Waals surface area contributed by atoms with Gasteiger partial charge in [0.15, 0.2) is 0 Å². The van der Waals surface area contributed by atoms with Crippen molar-refractivity contribution in [1.82, 2.24) is 4.98 Å². The quantitative estimate of drug-likeness (QED) is 0.901. The van der Waals surface area contributed by atoms with Gasteiger partial charge in [0.2, 0.25) is 0 Å². The van der Waals surface area contributed by atoms with Gasteiger partial charge in [0, 0.05) is 11.9 Å². The van der Waals surface area contributed by atoms with E-state index in [9.17, 15) is 9.18 Å². The van der Waals surface area contributed by atoms with Gasteiger partial charge in [-0.2, -0.15) is 0 Å². The van der Waals surface area contributed by atoms with Crippen molar-refractivity contribution in [2.45, 2.75) is 6.92 Å². The molecule has 0 aliphatic carbocycles.